The first kappa shape index (κ1) is 16.5. The summed E-state index contributed by atoms with van der Waals surface area (Å²) < 4.78 is 5.31. The van der Waals surface area contributed by atoms with Gasteiger partial charge in [-0.2, -0.15) is 0 Å². The number of carbonyl (C=O) groups is 2. The molecule has 1 atom stereocenters. The first-order valence-corrected chi connectivity index (χ1v) is 8.88. The van der Waals surface area contributed by atoms with Gasteiger partial charge in [0.25, 0.3) is 0 Å². The Bertz CT molecular complexity index is 632. The van der Waals surface area contributed by atoms with Crippen molar-refractivity contribution in [3.8, 4) is 5.75 Å². The van der Waals surface area contributed by atoms with Gasteiger partial charge in [-0.1, -0.05) is 23.7 Å². The second-order valence-corrected chi connectivity index (χ2v) is 8.31. The Morgan fingerprint density at radius 1 is 1.39 bits per heavy atom. The van der Waals surface area contributed by atoms with E-state index in [1.807, 2.05) is 32.0 Å². The van der Waals surface area contributed by atoms with Crippen molar-refractivity contribution in [3.63, 3.8) is 0 Å². The minimum Gasteiger partial charge on any atom is -0.485 e. The number of nitrogens with one attached hydrogen (secondary N) is 1. The maximum Gasteiger partial charge on any atom is 0.246 e. The fourth-order valence-electron chi connectivity index (χ4n) is 2.50. The van der Waals surface area contributed by atoms with Crippen LogP contribution >= 0.6 is 23.4 Å². The number of amides is 2. The molecule has 0 bridgehead atoms. The summed E-state index contributed by atoms with van der Waals surface area (Å²) in [5.74, 6) is 1.11. The Morgan fingerprint density at radius 3 is 2.74 bits per heavy atom. The van der Waals surface area contributed by atoms with E-state index in [2.05, 4.69) is 5.32 Å². The van der Waals surface area contributed by atoms with Gasteiger partial charge in [0.15, 0.2) is 0 Å². The zero-order valence-corrected chi connectivity index (χ0v) is 14.6. The van der Waals surface area contributed by atoms with Crippen molar-refractivity contribution in [2.45, 2.75) is 30.7 Å². The van der Waals surface area contributed by atoms with Gasteiger partial charge in [-0.3, -0.25) is 9.59 Å². The van der Waals surface area contributed by atoms with Gasteiger partial charge in [0, 0.05) is 5.75 Å². The highest BCUT2D eigenvalue weighted by molar-refractivity contribution is 8.01. The van der Waals surface area contributed by atoms with Crippen molar-refractivity contribution in [3.05, 3.63) is 29.3 Å². The first-order valence-electron chi connectivity index (χ1n) is 7.52. The quantitative estimate of drug-likeness (QED) is 0.901. The van der Waals surface area contributed by atoms with Crippen LogP contribution in [0.25, 0.3) is 0 Å². The van der Waals surface area contributed by atoms with Crippen LogP contribution in [0.1, 0.15) is 13.8 Å². The van der Waals surface area contributed by atoms with Gasteiger partial charge in [0.1, 0.15) is 17.9 Å². The molecule has 0 aliphatic carbocycles. The number of benzene rings is 1. The molecule has 1 aromatic carbocycles. The molecule has 5 nitrogen and oxygen atoms in total. The van der Waals surface area contributed by atoms with Gasteiger partial charge in [-0.05, 0) is 26.0 Å². The van der Waals surface area contributed by atoms with Gasteiger partial charge >= 0.3 is 0 Å². The summed E-state index contributed by atoms with van der Waals surface area (Å²) in [6.45, 7) is 4.77. The van der Waals surface area contributed by atoms with Gasteiger partial charge in [-0.15, -0.1) is 11.8 Å². The standard InChI is InChI=1S/C16H19ClN2O3S/c1-16(2)15(21)18-12(9-23-16)14(20)19-7-10(8-19)22-13-6-4-3-5-11(13)17/h3-6,10,12H,7-9H2,1-2H3,(H,18,21)/t12-/m1/s1. The van der Waals surface area contributed by atoms with Gasteiger partial charge in [-0.25, -0.2) is 0 Å². The number of hydrogen-bond acceptors (Lipinski definition) is 4. The number of para-hydroxylation sites is 1. The van der Waals surface area contributed by atoms with Crippen molar-refractivity contribution in [1.82, 2.24) is 10.2 Å². The number of ether oxygens (including phenoxy) is 1. The molecule has 0 saturated carbocycles. The predicted molar refractivity (Wildman–Crippen MR) is 90.9 cm³/mol. The number of hydrogen-bond donors (Lipinski definition) is 1. The Kier molecular flexibility index (Phi) is 4.47. The lowest BCUT2D eigenvalue weighted by molar-refractivity contribution is -0.144. The molecule has 2 fully saturated rings. The van der Waals surface area contributed by atoms with E-state index in [9.17, 15) is 9.59 Å². The molecule has 0 aromatic heterocycles. The SMILES string of the molecule is CC1(C)SC[C@H](C(=O)N2CC(Oc3ccccc3Cl)C2)NC1=O. The minimum atomic E-state index is -0.471. The highest BCUT2D eigenvalue weighted by Crippen LogP contribution is 2.31. The number of likely N-dealkylation sites (tertiary alicyclic amines) is 1. The number of rotatable bonds is 3. The van der Waals surface area contributed by atoms with E-state index in [0.29, 0.717) is 29.6 Å². The Hall–Kier alpha value is -1.40. The molecule has 2 amide bonds. The smallest absolute Gasteiger partial charge is 0.246 e. The molecule has 3 rings (SSSR count). The van der Waals surface area contributed by atoms with Crippen LogP contribution in [-0.2, 0) is 9.59 Å². The molecule has 1 N–H and O–H groups in total. The second kappa shape index (κ2) is 6.24. The summed E-state index contributed by atoms with van der Waals surface area (Å²) in [7, 11) is 0. The van der Waals surface area contributed by atoms with E-state index in [0.717, 1.165) is 0 Å². The van der Waals surface area contributed by atoms with E-state index in [1.54, 1.807) is 11.0 Å². The van der Waals surface area contributed by atoms with Gasteiger partial charge in [0.2, 0.25) is 11.8 Å². The fourth-order valence-corrected chi connectivity index (χ4v) is 3.68. The first-order chi connectivity index (χ1) is 10.9. The molecule has 2 aliphatic heterocycles. The molecule has 23 heavy (non-hydrogen) atoms. The third-order valence-electron chi connectivity index (χ3n) is 4.05. The normalized spacial score (nSPS) is 23.9. The second-order valence-electron chi connectivity index (χ2n) is 6.26. The average Bonchev–Trinajstić information content (AvgIpc) is 2.46. The fraction of sp³-hybridized carbons (Fsp3) is 0.500. The largest absolute Gasteiger partial charge is 0.485 e. The zero-order valence-electron chi connectivity index (χ0n) is 13.0. The van der Waals surface area contributed by atoms with Gasteiger partial charge < -0.3 is 15.0 Å². The Balaban J connectivity index is 1.51. The summed E-state index contributed by atoms with van der Waals surface area (Å²) in [4.78, 5) is 26.1. The lowest BCUT2D eigenvalue weighted by Gasteiger charge is -2.42. The van der Waals surface area contributed by atoms with E-state index in [1.165, 1.54) is 11.8 Å². The molecule has 0 spiro atoms. The molecule has 124 valence electrons. The molecule has 1 aromatic rings. The molecule has 2 heterocycles. The van der Waals surface area contributed by atoms with Gasteiger partial charge in [0.05, 0.1) is 22.9 Å². The lowest BCUT2D eigenvalue weighted by atomic mass is 10.1. The summed E-state index contributed by atoms with van der Waals surface area (Å²) >= 11 is 7.57. The summed E-state index contributed by atoms with van der Waals surface area (Å²) in [6.07, 6.45) is -0.0535. The van der Waals surface area contributed by atoms with E-state index >= 15 is 0 Å². The van der Waals surface area contributed by atoms with Crippen LogP contribution in [0.3, 0.4) is 0 Å². The van der Waals surface area contributed by atoms with Crippen LogP contribution in [-0.4, -0.2) is 52.4 Å². The molecule has 0 radical (unpaired) electrons. The maximum atomic E-state index is 12.4. The summed E-state index contributed by atoms with van der Waals surface area (Å²) in [5, 5.41) is 3.38. The van der Waals surface area contributed by atoms with Crippen molar-refractivity contribution < 1.29 is 14.3 Å². The van der Waals surface area contributed by atoms with Crippen molar-refractivity contribution in [2.75, 3.05) is 18.8 Å². The van der Waals surface area contributed by atoms with Crippen LogP contribution < -0.4 is 10.1 Å². The van der Waals surface area contributed by atoms with E-state index in [-0.39, 0.29) is 17.9 Å². The number of nitrogens with zero attached hydrogens (tertiary/aromatic N) is 1. The number of thioether (sulfide) groups is 1. The molecule has 2 saturated heterocycles. The number of carbonyl (C=O) groups excluding carboxylic acids is 2. The highest BCUT2D eigenvalue weighted by atomic mass is 35.5. The van der Waals surface area contributed by atoms with Crippen LogP contribution in [0, 0.1) is 0 Å². The van der Waals surface area contributed by atoms with Crippen LogP contribution in [0.2, 0.25) is 5.02 Å². The van der Waals surface area contributed by atoms with Crippen molar-refractivity contribution in [2.24, 2.45) is 0 Å². The molecule has 2 aliphatic rings. The Morgan fingerprint density at radius 2 is 2.09 bits per heavy atom. The zero-order chi connectivity index (χ0) is 16.6. The monoisotopic (exact) mass is 354 g/mol. The molecular weight excluding hydrogens is 336 g/mol. The summed E-state index contributed by atoms with van der Waals surface area (Å²) in [5.41, 5.74) is 0. The van der Waals surface area contributed by atoms with Crippen LogP contribution in [0.15, 0.2) is 24.3 Å². The molecular formula is C16H19ClN2O3S. The third-order valence-corrected chi connectivity index (χ3v) is 5.77. The maximum absolute atomic E-state index is 12.4. The van der Waals surface area contributed by atoms with E-state index < -0.39 is 10.8 Å². The lowest BCUT2D eigenvalue weighted by Crippen LogP contribution is -2.64. The Labute approximate surface area is 144 Å². The predicted octanol–water partition coefficient (Wildman–Crippen LogP) is 1.94. The average molecular weight is 355 g/mol. The van der Waals surface area contributed by atoms with Crippen LogP contribution in [0.5, 0.6) is 5.75 Å². The van der Waals surface area contributed by atoms with Crippen molar-refractivity contribution in [1.29, 1.82) is 0 Å². The minimum absolute atomic E-state index is 0.0413. The summed E-state index contributed by atoms with van der Waals surface area (Å²) in [6, 6.07) is 6.85. The number of halogens is 1. The van der Waals surface area contributed by atoms with Crippen molar-refractivity contribution >= 4 is 35.2 Å². The van der Waals surface area contributed by atoms with Crippen LogP contribution in [0.4, 0.5) is 0 Å². The van der Waals surface area contributed by atoms with E-state index in [4.69, 9.17) is 16.3 Å². The molecule has 0 unspecified atom stereocenters. The third kappa shape index (κ3) is 3.43. The topological polar surface area (TPSA) is 58.6 Å². The molecule has 7 heteroatoms. The highest BCUT2D eigenvalue weighted by Gasteiger charge is 2.42.